The molecule has 1 N–H and O–H groups in total. The van der Waals surface area contributed by atoms with E-state index >= 15 is 0 Å². The molecule has 7 heteroatoms. The maximum atomic E-state index is 9.70. The first-order valence-electron chi connectivity index (χ1n) is 8.06. The summed E-state index contributed by atoms with van der Waals surface area (Å²) in [6.45, 7) is 5.78. The largest absolute Gasteiger partial charge is 0.392 e. The second-order valence-electron chi connectivity index (χ2n) is 6.35. The van der Waals surface area contributed by atoms with Gasteiger partial charge in [-0.05, 0) is 26.2 Å². The van der Waals surface area contributed by atoms with Gasteiger partial charge in [0.1, 0.15) is 5.82 Å². The number of aliphatic hydroxyl groups is 1. The van der Waals surface area contributed by atoms with Gasteiger partial charge in [0.2, 0.25) is 5.65 Å². The van der Waals surface area contributed by atoms with Crippen molar-refractivity contribution in [2.45, 2.75) is 38.3 Å². The van der Waals surface area contributed by atoms with Crippen LogP contribution in [0.4, 0.5) is 5.82 Å². The first kappa shape index (κ1) is 13.9. The van der Waals surface area contributed by atoms with Crippen LogP contribution in [-0.4, -0.2) is 67.9 Å². The van der Waals surface area contributed by atoms with Crippen LogP contribution in [0.5, 0.6) is 0 Å². The molecule has 7 nitrogen and oxygen atoms in total. The highest BCUT2D eigenvalue weighted by Gasteiger charge is 2.30. The Labute approximate surface area is 129 Å². The standard InChI is InChI=1S/C15H22N6O/c1-11-17-18-15-14(16-5-9-21(11)15)19-6-2-12(3-7-19)20-8-4-13(22)10-20/h5,9,12-13,22H,2-4,6-8,10H2,1H3. The Hall–Kier alpha value is -1.73. The van der Waals surface area contributed by atoms with E-state index in [-0.39, 0.29) is 6.10 Å². The van der Waals surface area contributed by atoms with Crippen molar-refractivity contribution < 1.29 is 5.11 Å². The number of aromatic nitrogens is 4. The number of rotatable bonds is 2. The third kappa shape index (κ3) is 2.34. The summed E-state index contributed by atoms with van der Waals surface area (Å²) in [5.41, 5.74) is 0.843. The molecule has 0 aromatic carbocycles. The number of anilines is 1. The number of likely N-dealkylation sites (tertiary alicyclic amines) is 1. The Morgan fingerprint density at radius 1 is 1.14 bits per heavy atom. The van der Waals surface area contributed by atoms with E-state index < -0.39 is 0 Å². The van der Waals surface area contributed by atoms with Crippen LogP contribution in [0.15, 0.2) is 12.4 Å². The van der Waals surface area contributed by atoms with Gasteiger partial charge >= 0.3 is 0 Å². The zero-order chi connectivity index (χ0) is 15.1. The number of β-amino-alcohol motifs (C(OH)–C–C–N with tert-alkyl or cyclic N) is 1. The van der Waals surface area contributed by atoms with Crippen molar-refractivity contribution in [3.63, 3.8) is 0 Å². The van der Waals surface area contributed by atoms with E-state index in [4.69, 9.17) is 0 Å². The summed E-state index contributed by atoms with van der Waals surface area (Å²) in [4.78, 5) is 9.28. The smallest absolute Gasteiger partial charge is 0.203 e. The Morgan fingerprint density at radius 2 is 1.95 bits per heavy atom. The molecular formula is C15H22N6O. The first-order valence-corrected chi connectivity index (χ1v) is 8.06. The minimum atomic E-state index is -0.132. The summed E-state index contributed by atoms with van der Waals surface area (Å²) in [7, 11) is 0. The number of fused-ring (bicyclic) bond motifs is 1. The number of aliphatic hydroxyl groups excluding tert-OH is 1. The van der Waals surface area contributed by atoms with E-state index in [1.807, 2.05) is 23.7 Å². The SMILES string of the molecule is Cc1nnc2c(N3CCC(N4CCC(O)C4)CC3)nccn12. The lowest BCUT2D eigenvalue weighted by atomic mass is 10.0. The third-order valence-electron chi connectivity index (χ3n) is 4.95. The fourth-order valence-electron chi connectivity index (χ4n) is 3.69. The summed E-state index contributed by atoms with van der Waals surface area (Å²) in [6, 6.07) is 0.590. The molecule has 4 rings (SSSR count). The van der Waals surface area contributed by atoms with Gasteiger partial charge in [-0.15, -0.1) is 10.2 Å². The number of piperidine rings is 1. The molecule has 0 bridgehead atoms. The van der Waals surface area contributed by atoms with Gasteiger partial charge in [-0.25, -0.2) is 4.98 Å². The van der Waals surface area contributed by atoms with E-state index in [9.17, 15) is 5.11 Å². The second-order valence-corrected chi connectivity index (χ2v) is 6.35. The molecule has 22 heavy (non-hydrogen) atoms. The Balaban J connectivity index is 1.49. The Bertz CT molecular complexity index is 663. The van der Waals surface area contributed by atoms with Gasteiger partial charge in [-0.3, -0.25) is 9.30 Å². The second kappa shape index (κ2) is 5.48. The Morgan fingerprint density at radius 3 is 2.68 bits per heavy atom. The molecular weight excluding hydrogens is 280 g/mol. The van der Waals surface area contributed by atoms with E-state index in [0.29, 0.717) is 6.04 Å². The van der Waals surface area contributed by atoms with Gasteiger partial charge in [0.15, 0.2) is 5.82 Å². The molecule has 2 aromatic heterocycles. The molecule has 2 aliphatic rings. The van der Waals surface area contributed by atoms with Crippen molar-refractivity contribution in [1.82, 2.24) is 24.5 Å². The van der Waals surface area contributed by atoms with E-state index in [2.05, 4.69) is 25.0 Å². The Kier molecular flexibility index (Phi) is 3.46. The van der Waals surface area contributed by atoms with Gasteiger partial charge in [0.05, 0.1) is 6.10 Å². The van der Waals surface area contributed by atoms with E-state index in [1.165, 1.54) is 0 Å². The van der Waals surface area contributed by atoms with Gasteiger partial charge in [0.25, 0.3) is 0 Å². The topological polar surface area (TPSA) is 69.8 Å². The van der Waals surface area contributed by atoms with Crippen molar-refractivity contribution in [3.05, 3.63) is 18.2 Å². The maximum absolute atomic E-state index is 9.70. The van der Waals surface area contributed by atoms with Crippen LogP contribution >= 0.6 is 0 Å². The van der Waals surface area contributed by atoms with Crippen molar-refractivity contribution in [2.75, 3.05) is 31.1 Å². The number of aryl methyl sites for hydroxylation is 1. The van der Waals surface area contributed by atoms with Crippen LogP contribution in [0.2, 0.25) is 0 Å². The number of nitrogens with zero attached hydrogens (tertiary/aromatic N) is 6. The summed E-state index contributed by atoms with van der Waals surface area (Å²) in [5, 5.41) is 18.1. The highest BCUT2D eigenvalue weighted by atomic mass is 16.3. The lowest BCUT2D eigenvalue weighted by molar-refractivity contribution is 0.148. The molecule has 2 aliphatic heterocycles. The molecule has 2 aromatic rings. The summed E-state index contributed by atoms with van der Waals surface area (Å²) < 4.78 is 1.99. The molecule has 0 aliphatic carbocycles. The van der Waals surface area contributed by atoms with Gasteiger partial charge in [-0.1, -0.05) is 0 Å². The monoisotopic (exact) mass is 302 g/mol. The summed E-state index contributed by atoms with van der Waals surface area (Å²) in [6.07, 6.45) is 6.74. The molecule has 4 heterocycles. The van der Waals surface area contributed by atoms with E-state index in [0.717, 1.165) is 62.7 Å². The van der Waals surface area contributed by atoms with Gasteiger partial charge < -0.3 is 10.0 Å². The molecule has 1 unspecified atom stereocenters. The van der Waals surface area contributed by atoms with Crippen LogP contribution < -0.4 is 4.90 Å². The number of hydrogen-bond acceptors (Lipinski definition) is 6. The summed E-state index contributed by atoms with van der Waals surface area (Å²) in [5.74, 6) is 1.82. The minimum absolute atomic E-state index is 0.132. The fourth-order valence-corrected chi connectivity index (χ4v) is 3.69. The maximum Gasteiger partial charge on any atom is 0.203 e. The molecule has 2 saturated heterocycles. The lowest BCUT2D eigenvalue weighted by Crippen LogP contribution is -2.44. The van der Waals surface area contributed by atoms with Crippen LogP contribution in [0.3, 0.4) is 0 Å². The molecule has 0 radical (unpaired) electrons. The van der Waals surface area contributed by atoms with Gasteiger partial charge in [-0.2, -0.15) is 0 Å². The third-order valence-corrected chi connectivity index (χ3v) is 4.95. The highest BCUT2D eigenvalue weighted by Crippen LogP contribution is 2.25. The lowest BCUT2D eigenvalue weighted by Gasteiger charge is -2.37. The van der Waals surface area contributed by atoms with Gasteiger partial charge in [0, 0.05) is 44.6 Å². The predicted octanol–water partition coefficient (Wildman–Crippen LogP) is 0.468. The van der Waals surface area contributed by atoms with Crippen molar-refractivity contribution in [1.29, 1.82) is 0 Å². The summed E-state index contributed by atoms with van der Waals surface area (Å²) >= 11 is 0. The highest BCUT2D eigenvalue weighted by molar-refractivity contribution is 5.63. The van der Waals surface area contributed by atoms with Crippen molar-refractivity contribution in [3.8, 4) is 0 Å². The fraction of sp³-hybridized carbons (Fsp3) is 0.667. The minimum Gasteiger partial charge on any atom is -0.392 e. The average Bonchev–Trinajstić information content (AvgIpc) is 3.14. The zero-order valence-corrected chi connectivity index (χ0v) is 12.9. The van der Waals surface area contributed by atoms with Crippen molar-refractivity contribution in [2.24, 2.45) is 0 Å². The van der Waals surface area contributed by atoms with E-state index in [1.54, 1.807) is 0 Å². The van der Waals surface area contributed by atoms with Crippen LogP contribution in [-0.2, 0) is 0 Å². The molecule has 2 fully saturated rings. The predicted molar refractivity (Wildman–Crippen MR) is 83.0 cm³/mol. The first-order chi connectivity index (χ1) is 10.7. The molecule has 0 amide bonds. The van der Waals surface area contributed by atoms with Crippen molar-refractivity contribution >= 4 is 11.5 Å². The normalized spacial score (nSPS) is 24.5. The molecule has 1 atom stereocenters. The van der Waals surface area contributed by atoms with Crippen LogP contribution in [0, 0.1) is 6.92 Å². The molecule has 0 spiro atoms. The number of hydrogen-bond donors (Lipinski definition) is 1. The van der Waals surface area contributed by atoms with Crippen LogP contribution in [0.25, 0.3) is 5.65 Å². The quantitative estimate of drug-likeness (QED) is 0.869. The zero-order valence-electron chi connectivity index (χ0n) is 12.9. The van der Waals surface area contributed by atoms with Crippen LogP contribution in [0.1, 0.15) is 25.1 Å². The molecule has 118 valence electrons. The molecule has 0 saturated carbocycles. The average molecular weight is 302 g/mol.